The lowest BCUT2D eigenvalue weighted by molar-refractivity contribution is 0.0734. The third-order valence-electron chi connectivity index (χ3n) is 3.34. The molecule has 2 aromatic rings. The molecule has 0 aliphatic rings. The van der Waals surface area contributed by atoms with Crippen LogP contribution in [0.25, 0.3) is 0 Å². The van der Waals surface area contributed by atoms with Crippen molar-refractivity contribution >= 4 is 21.8 Å². The van der Waals surface area contributed by atoms with Crippen LogP contribution in [0.4, 0.5) is 0 Å². The van der Waals surface area contributed by atoms with Crippen molar-refractivity contribution in [1.29, 1.82) is 0 Å². The van der Waals surface area contributed by atoms with E-state index in [1.54, 1.807) is 12.1 Å². The Balaban J connectivity index is 2.14. The van der Waals surface area contributed by atoms with E-state index in [0.29, 0.717) is 11.3 Å². The fourth-order valence-electron chi connectivity index (χ4n) is 1.90. The number of hydrogen-bond donors (Lipinski definition) is 0. The van der Waals surface area contributed by atoms with Gasteiger partial charge in [-0.05, 0) is 55.5 Å². The molecule has 0 saturated carbocycles. The van der Waals surface area contributed by atoms with Crippen LogP contribution < -0.4 is 4.74 Å². The first kappa shape index (κ1) is 17.8. The Kier molecular flexibility index (Phi) is 5.16. The molecule has 7 heteroatoms. The Morgan fingerprint density at radius 1 is 0.875 bits per heavy atom. The highest BCUT2D eigenvalue weighted by molar-refractivity contribution is 7.89. The first-order valence-electron chi connectivity index (χ1n) is 7.07. The van der Waals surface area contributed by atoms with Crippen LogP contribution in [0.15, 0.2) is 53.4 Å². The highest BCUT2D eigenvalue weighted by Gasteiger charge is 2.18. The highest BCUT2D eigenvalue weighted by atomic mass is 32.2. The standard InChI is InChI=1S/C17H17NO5S/c1-12(19)13-4-8-15(9-5-13)23-17(20)14-6-10-16(11-7-14)24(21,22)18(2)3/h4-11H,1-3H3. The van der Waals surface area contributed by atoms with Gasteiger partial charge in [0, 0.05) is 19.7 Å². The Hall–Kier alpha value is -2.51. The van der Waals surface area contributed by atoms with Gasteiger partial charge in [-0.25, -0.2) is 17.5 Å². The molecule has 0 aliphatic heterocycles. The summed E-state index contributed by atoms with van der Waals surface area (Å²) in [7, 11) is -0.676. The van der Waals surface area contributed by atoms with Crippen molar-refractivity contribution in [3.8, 4) is 5.75 Å². The molecule has 0 aromatic heterocycles. The fourth-order valence-corrected chi connectivity index (χ4v) is 2.80. The van der Waals surface area contributed by atoms with Gasteiger partial charge in [-0.15, -0.1) is 0 Å². The molecule has 0 bridgehead atoms. The number of rotatable bonds is 5. The van der Waals surface area contributed by atoms with Crippen LogP contribution in [0.5, 0.6) is 5.75 Å². The van der Waals surface area contributed by atoms with Crippen molar-refractivity contribution in [1.82, 2.24) is 4.31 Å². The average molecular weight is 347 g/mol. The zero-order chi connectivity index (χ0) is 17.9. The summed E-state index contributed by atoms with van der Waals surface area (Å²) in [6.45, 7) is 1.45. The number of ether oxygens (including phenoxy) is 1. The summed E-state index contributed by atoms with van der Waals surface area (Å²) in [5, 5.41) is 0. The summed E-state index contributed by atoms with van der Waals surface area (Å²) in [5.74, 6) is -0.389. The minimum atomic E-state index is -3.54. The molecule has 126 valence electrons. The van der Waals surface area contributed by atoms with Gasteiger partial charge in [-0.1, -0.05) is 0 Å². The van der Waals surface area contributed by atoms with Crippen molar-refractivity contribution < 1.29 is 22.7 Å². The third kappa shape index (κ3) is 3.87. The molecule has 0 radical (unpaired) electrons. The Morgan fingerprint density at radius 2 is 1.38 bits per heavy atom. The number of Topliss-reactive ketones (excluding diaryl/α,β-unsaturated/α-hetero) is 1. The van der Waals surface area contributed by atoms with Crippen molar-refractivity contribution in [3.05, 3.63) is 59.7 Å². The van der Waals surface area contributed by atoms with Gasteiger partial charge in [-0.2, -0.15) is 0 Å². The minimum absolute atomic E-state index is 0.0782. The van der Waals surface area contributed by atoms with Crippen molar-refractivity contribution in [2.24, 2.45) is 0 Å². The van der Waals surface area contributed by atoms with E-state index in [2.05, 4.69) is 0 Å². The van der Waals surface area contributed by atoms with Crippen molar-refractivity contribution in [2.45, 2.75) is 11.8 Å². The highest BCUT2D eigenvalue weighted by Crippen LogP contribution is 2.17. The predicted octanol–water partition coefficient (Wildman–Crippen LogP) is 2.36. The number of carbonyl (C=O) groups excluding carboxylic acids is 2. The van der Waals surface area contributed by atoms with Gasteiger partial charge in [0.15, 0.2) is 5.78 Å². The fraction of sp³-hybridized carbons (Fsp3) is 0.176. The molecule has 0 atom stereocenters. The molecule has 2 rings (SSSR count). The van der Waals surface area contributed by atoms with E-state index in [1.165, 1.54) is 57.4 Å². The van der Waals surface area contributed by atoms with E-state index in [0.717, 1.165) is 4.31 Å². The molecule has 2 aromatic carbocycles. The lowest BCUT2D eigenvalue weighted by atomic mass is 10.1. The van der Waals surface area contributed by atoms with Gasteiger partial charge < -0.3 is 4.74 Å². The number of benzene rings is 2. The largest absolute Gasteiger partial charge is 0.423 e. The summed E-state index contributed by atoms with van der Waals surface area (Å²) in [6, 6.07) is 11.7. The average Bonchev–Trinajstić information content (AvgIpc) is 2.55. The molecule has 0 amide bonds. The smallest absolute Gasteiger partial charge is 0.343 e. The van der Waals surface area contributed by atoms with Crippen LogP contribution in [0.3, 0.4) is 0 Å². The zero-order valence-corrected chi connectivity index (χ0v) is 14.3. The second kappa shape index (κ2) is 6.94. The van der Waals surface area contributed by atoms with Gasteiger partial charge in [0.25, 0.3) is 0 Å². The molecular formula is C17H17NO5S. The van der Waals surface area contributed by atoms with E-state index in [1.807, 2.05) is 0 Å². The van der Waals surface area contributed by atoms with E-state index >= 15 is 0 Å². The number of nitrogens with zero attached hydrogens (tertiary/aromatic N) is 1. The normalized spacial score (nSPS) is 11.3. The second-order valence-corrected chi connectivity index (χ2v) is 7.43. The maximum absolute atomic E-state index is 12.1. The number of ketones is 1. The predicted molar refractivity (Wildman–Crippen MR) is 88.7 cm³/mol. The number of hydrogen-bond acceptors (Lipinski definition) is 5. The van der Waals surface area contributed by atoms with Crippen LogP contribution in [0, 0.1) is 0 Å². The SMILES string of the molecule is CC(=O)c1ccc(OC(=O)c2ccc(S(=O)(=O)N(C)C)cc2)cc1. The van der Waals surface area contributed by atoms with Gasteiger partial charge in [0.1, 0.15) is 5.75 Å². The minimum Gasteiger partial charge on any atom is -0.423 e. The summed E-state index contributed by atoms with van der Waals surface area (Å²) in [4.78, 5) is 23.4. The first-order chi connectivity index (χ1) is 11.2. The van der Waals surface area contributed by atoms with Crippen molar-refractivity contribution in [2.75, 3.05) is 14.1 Å². The van der Waals surface area contributed by atoms with Crippen LogP contribution in [0.1, 0.15) is 27.6 Å². The van der Waals surface area contributed by atoms with Crippen LogP contribution in [-0.2, 0) is 10.0 Å². The second-order valence-electron chi connectivity index (χ2n) is 5.28. The van der Waals surface area contributed by atoms with Crippen LogP contribution >= 0.6 is 0 Å². The summed E-state index contributed by atoms with van der Waals surface area (Å²) in [6.07, 6.45) is 0. The van der Waals surface area contributed by atoms with Crippen LogP contribution in [-0.4, -0.2) is 38.6 Å². The monoisotopic (exact) mass is 347 g/mol. The molecule has 0 saturated heterocycles. The number of carbonyl (C=O) groups is 2. The number of sulfonamides is 1. The van der Waals surface area contributed by atoms with Crippen molar-refractivity contribution in [3.63, 3.8) is 0 Å². The maximum Gasteiger partial charge on any atom is 0.343 e. The molecule has 0 N–H and O–H groups in total. The Morgan fingerprint density at radius 3 is 1.83 bits per heavy atom. The van der Waals surface area contributed by atoms with E-state index in [4.69, 9.17) is 4.74 Å². The van der Waals surface area contributed by atoms with E-state index in [9.17, 15) is 18.0 Å². The van der Waals surface area contributed by atoms with E-state index in [-0.39, 0.29) is 16.2 Å². The first-order valence-corrected chi connectivity index (χ1v) is 8.51. The van der Waals surface area contributed by atoms with Crippen LogP contribution in [0.2, 0.25) is 0 Å². The molecule has 24 heavy (non-hydrogen) atoms. The van der Waals surface area contributed by atoms with Gasteiger partial charge in [0.2, 0.25) is 10.0 Å². The van der Waals surface area contributed by atoms with Gasteiger partial charge >= 0.3 is 5.97 Å². The molecular weight excluding hydrogens is 330 g/mol. The van der Waals surface area contributed by atoms with Gasteiger partial charge in [0.05, 0.1) is 10.5 Å². The molecule has 0 fully saturated rings. The molecule has 6 nitrogen and oxygen atoms in total. The summed E-state index contributed by atoms with van der Waals surface area (Å²) in [5.41, 5.74) is 0.747. The zero-order valence-electron chi connectivity index (χ0n) is 13.5. The number of esters is 1. The summed E-state index contributed by atoms with van der Waals surface area (Å²) >= 11 is 0. The topological polar surface area (TPSA) is 80.8 Å². The molecule has 0 heterocycles. The lowest BCUT2D eigenvalue weighted by Crippen LogP contribution is -2.22. The lowest BCUT2D eigenvalue weighted by Gasteiger charge is -2.11. The maximum atomic E-state index is 12.1. The van der Waals surface area contributed by atoms with E-state index < -0.39 is 16.0 Å². The molecule has 0 spiro atoms. The third-order valence-corrected chi connectivity index (χ3v) is 5.17. The Bertz CT molecular complexity index is 853. The summed E-state index contributed by atoms with van der Waals surface area (Å²) < 4.78 is 30.2. The molecule has 0 unspecified atom stereocenters. The quantitative estimate of drug-likeness (QED) is 0.471. The Labute approximate surface area is 140 Å². The molecule has 0 aliphatic carbocycles. The van der Waals surface area contributed by atoms with Gasteiger partial charge in [-0.3, -0.25) is 4.79 Å².